The van der Waals surface area contributed by atoms with Gasteiger partial charge in [0.1, 0.15) is 0 Å². The van der Waals surface area contributed by atoms with E-state index in [4.69, 9.17) is 0 Å². The summed E-state index contributed by atoms with van der Waals surface area (Å²) in [6, 6.07) is 0. The van der Waals surface area contributed by atoms with Gasteiger partial charge >= 0.3 is 0 Å². The van der Waals surface area contributed by atoms with Crippen molar-refractivity contribution in [3.63, 3.8) is 0 Å². The number of allylic oxidation sites excluding steroid dienone is 1. The zero-order valence-electron chi connectivity index (χ0n) is 16.7. The summed E-state index contributed by atoms with van der Waals surface area (Å²) < 4.78 is 0. The van der Waals surface area contributed by atoms with Crippen molar-refractivity contribution in [2.45, 2.75) is 92.9 Å². The van der Waals surface area contributed by atoms with Crippen LogP contribution in [0.1, 0.15) is 92.9 Å². The lowest BCUT2D eigenvalue weighted by atomic mass is 9.39. The van der Waals surface area contributed by atoms with Gasteiger partial charge in [-0.1, -0.05) is 66.5 Å². The average molecular weight is 317 g/mol. The van der Waals surface area contributed by atoms with Crippen molar-refractivity contribution in [3.8, 4) is 0 Å². The Morgan fingerprint density at radius 1 is 1.09 bits per heavy atom. The van der Waals surface area contributed by atoms with Crippen LogP contribution in [0.2, 0.25) is 0 Å². The van der Waals surface area contributed by atoms with Crippen molar-refractivity contribution in [2.75, 3.05) is 0 Å². The molecule has 0 aromatic heterocycles. The van der Waals surface area contributed by atoms with Gasteiger partial charge in [-0.2, -0.15) is 0 Å². The maximum atomic E-state index is 4.36. The molecule has 0 heteroatoms. The van der Waals surface area contributed by atoms with Crippen molar-refractivity contribution in [2.24, 2.45) is 39.9 Å². The molecule has 6 atom stereocenters. The van der Waals surface area contributed by atoms with E-state index in [1.54, 1.807) is 0 Å². The fourth-order valence-electron chi connectivity index (χ4n) is 7.48. The van der Waals surface area contributed by atoms with Gasteiger partial charge in [-0.05, 0) is 78.4 Å². The first kappa shape index (κ1) is 17.6. The molecule has 0 spiro atoms. The zero-order chi connectivity index (χ0) is 17.0. The van der Waals surface area contributed by atoms with Gasteiger partial charge in [0.25, 0.3) is 0 Å². The summed E-state index contributed by atoms with van der Waals surface area (Å²) in [5.41, 5.74) is 3.20. The van der Waals surface area contributed by atoms with Gasteiger partial charge in [-0.15, -0.1) is 0 Å². The molecule has 0 aromatic carbocycles. The predicted octanol–water partition coefficient (Wildman–Crippen LogP) is 7.25. The van der Waals surface area contributed by atoms with Crippen molar-refractivity contribution in [3.05, 3.63) is 12.2 Å². The highest BCUT2D eigenvalue weighted by molar-refractivity contribution is 5.14. The fourth-order valence-corrected chi connectivity index (χ4v) is 7.48. The van der Waals surface area contributed by atoms with Crippen molar-refractivity contribution in [1.82, 2.24) is 0 Å². The molecule has 3 saturated carbocycles. The molecule has 3 aliphatic carbocycles. The number of hydrogen-bond acceptors (Lipinski definition) is 0. The Morgan fingerprint density at radius 3 is 2.39 bits per heavy atom. The smallest absolute Gasteiger partial charge is 0.0260 e. The molecule has 0 radical (unpaired) electrons. The second-order valence-corrected chi connectivity index (χ2v) is 10.5. The summed E-state index contributed by atoms with van der Waals surface area (Å²) in [6.07, 6.45) is 11.1. The van der Waals surface area contributed by atoms with E-state index in [1.807, 2.05) is 0 Å². The van der Waals surface area contributed by atoms with Gasteiger partial charge < -0.3 is 0 Å². The van der Waals surface area contributed by atoms with Crippen LogP contribution in [0.3, 0.4) is 0 Å². The molecule has 0 nitrogen and oxygen atoms in total. The van der Waals surface area contributed by atoms with Gasteiger partial charge in [0.05, 0.1) is 0 Å². The van der Waals surface area contributed by atoms with E-state index in [0.29, 0.717) is 16.2 Å². The standard InChI is InChI=1S/C23H40/c1-8-18-20-19(11-12-22(18,6)9-2)23(7)13-10-16(3)14-17(23)15-21(20,4)5/h17-20H,3,8-15H2,1-2,4-7H3/t17?,18?,19?,20?,22-,23-/m0/s1. The van der Waals surface area contributed by atoms with Crippen LogP contribution in [0.5, 0.6) is 0 Å². The minimum Gasteiger partial charge on any atom is -0.0999 e. The summed E-state index contributed by atoms with van der Waals surface area (Å²) in [6.45, 7) is 19.7. The van der Waals surface area contributed by atoms with E-state index in [-0.39, 0.29) is 0 Å². The number of fused-ring (bicyclic) bond motifs is 3. The third-order valence-electron chi connectivity index (χ3n) is 9.04. The van der Waals surface area contributed by atoms with Gasteiger partial charge in [0, 0.05) is 0 Å². The van der Waals surface area contributed by atoms with Crippen molar-refractivity contribution in [1.29, 1.82) is 0 Å². The fraction of sp³-hybridized carbons (Fsp3) is 0.913. The van der Waals surface area contributed by atoms with Crippen molar-refractivity contribution >= 4 is 0 Å². The van der Waals surface area contributed by atoms with E-state index >= 15 is 0 Å². The molecule has 3 rings (SSSR count). The molecule has 3 fully saturated rings. The van der Waals surface area contributed by atoms with Crippen LogP contribution in [0.4, 0.5) is 0 Å². The topological polar surface area (TPSA) is 0 Å². The van der Waals surface area contributed by atoms with E-state index in [9.17, 15) is 0 Å². The molecule has 0 aromatic rings. The van der Waals surface area contributed by atoms with Crippen LogP contribution in [-0.4, -0.2) is 0 Å². The average Bonchev–Trinajstić information content (AvgIpc) is 2.49. The normalized spacial score (nSPS) is 49.4. The number of rotatable bonds is 2. The van der Waals surface area contributed by atoms with E-state index in [1.165, 1.54) is 56.9 Å². The van der Waals surface area contributed by atoms with E-state index in [0.717, 1.165) is 23.7 Å². The maximum Gasteiger partial charge on any atom is -0.0260 e. The quantitative estimate of drug-likeness (QED) is 0.471. The van der Waals surface area contributed by atoms with E-state index < -0.39 is 0 Å². The van der Waals surface area contributed by atoms with Crippen LogP contribution >= 0.6 is 0 Å². The largest absolute Gasteiger partial charge is 0.0999 e. The third kappa shape index (κ3) is 2.54. The predicted molar refractivity (Wildman–Crippen MR) is 101 cm³/mol. The number of hydrogen-bond donors (Lipinski definition) is 0. The second-order valence-electron chi connectivity index (χ2n) is 10.5. The molecule has 0 amide bonds. The van der Waals surface area contributed by atoms with Crippen LogP contribution in [-0.2, 0) is 0 Å². The van der Waals surface area contributed by atoms with Crippen LogP contribution in [0, 0.1) is 39.9 Å². The first-order valence-electron chi connectivity index (χ1n) is 10.3. The molecule has 4 unspecified atom stereocenters. The summed E-state index contributed by atoms with van der Waals surface area (Å²) in [5.74, 6) is 3.69. The second kappa shape index (κ2) is 5.63. The summed E-state index contributed by atoms with van der Waals surface area (Å²) >= 11 is 0. The molecule has 0 N–H and O–H groups in total. The zero-order valence-corrected chi connectivity index (χ0v) is 16.7. The first-order chi connectivity index (χ1) is 10.7. The minimum absolute atomic E-state index is 0.504. The first-order valence-corrected chi connectivity index (χ1v) is 10.3. The molecule has 0 bridgehead atoms. The Balaban J connectivity index is 2.01. The Kier molecular flexibility index (Phi) is 4.30. The monoisotopic (exact) mass is 316 g/mol. The molecular weight excluding hydrogens is 276 g/mol. The molecule has 0 aliphatic heterocycles. The Bertz CT molecular complexity index is 472. The maximum absolute atomic E-state index is 4.36. The lowest BCUT2D eigenvalue weighted by molar-refractivity contribution is -0.164. The lowest BCUT2D eigenvalue weighted by Gasteiger charge is -2.66. The Morgan fingerprint density at radius 2 is 1.78 bits per heavy atom. The Hall–Kier alpha value is -0.260. The lowest BCUT2D eigenvalue weighted by Crippen LogP contribution is -2.58. The molecular formula is C23H40. The molecule has 23 heavy (non-hydrogen) atoms. The van der Waals surface area contributed by atoms with Gasteiger partial charge in [-0.25, -0.2) is 0 Å². The Labute approximate surface area is 145 Å². The van der Waals surface area contributed by atoms with Gasteiger partial charge in [-0.3, -0.25) is 0 Å². The highest BCUT2D eigenvalue weighted by atomic mass is 14.6. The molecule has 0 heterocycles. The van der Waals surface area contributed by atoms with E-state index in [2.05, 4.69) is 48.1 Å². The molecule has 3 aliphatic rings. The highest BCUT2D eigenvalue weighted by Gasteiger charge is 2.60. The highest BCUT2D eigenvalue weighted by Crippen LogP contribution is 2.68. The third-order valence-corrected chi connectivity index (χ3v) is 9.04. The van der Waals surface area contributed by atoms with Gasteiger partial charge in [0.2, 0.25) is 0 Å². The summed E-state index contributed by atoms with van der Waals surface area (Å²) in [4.78, 5) is 0. The van der Waals surface area contributed by atoms with Gasteiger partial charge in [0.15, 0.2) is 0 Å². The van der Waals surface area contributed by atoms with Crippen LogP contribution in [0.25, 0.3) is 0 Å². The minimum atomic E-state index is 0.504. The molecule has 132 valence electrons. The van der Waals surface area contributed by atoms with Crippen molar-refractivity contribution < 1.29 is 0 Å². The van der Waals surface area contributed by atoms with Crippen LogP contribution in [0.15, 0.2) is 12.2 Å². The summed E-state index contributed by atoms with van der Waals surface area (Å²) in [5, 5.41) is 0. The summed E-state index contributed by atoms with van der Waals surface area (Å²) in [7, 11) is 0. The SMILES string of the molecule is C=C1CC[C@@]2(C)C(C1)CC(C)(C)C1C(CC)[C@@](C)(CC)CCC12. The molecule has 0 saturated heterocycles. The van der Waals surface area contributed by atoms with Crippen LogP contribution < -0.4 is 0 Å².